The number of ether oxygens (including phenoxy) is 2. The number of unbranched alkanes of at least 4 members (excludes halogenated alkanes) is 15. The van der Waals surface area contributed by atoms with Gasteiger partial charge < -0.3 is 35.4 Å². The molecule has 6 N–H and O–H groups in total. The summed E-state index contributed by atoms with van der Waals surface area (Å²) in [5.74, 6) is -3.26. The number of rotatable bonds is 39. The van der Waals surface area contributed by atoms with E-state index in [2.05, 4.69) is 42.7 Å². The van der Waals surface area contributed by atoms with Crippen LogP contribution in [-0.2, 0) is 42.3 Å². The van der Waals surface area contributed by atoms with Crippen molar-refractivity contribution in [3.05, 3.63) is 36.5 Å². The van der Waals surface area contributed by atoms with Crippen LogP contribution in [0.2, 0.25) is 0 Å². The van der Waals surface area contributed by atoms with Crippen molar-refractivity contribution >= 4 is 31.5 Å². The van der Waals surface area contributed by atoms with Crippen LogP contribution in [0.5, 0.6) is 0 Å². The van der Waals surface area contributed by atoms with Gasteiger partial charge >= 0.3 is 25.7 Å². The van der Waals surface area contributed by atoms with E-state index in [1.54, 1.807) is 12.2 Å². The monoisotopic (exact) mass is 886 g/mol. The van der Waals surface area contributed by atoms with Crippen LogP contribution >= 0.6 is 7.82 Å². The van der Waals surface area contributed by atoms with Gasteiger partial charge in [-0.3, -0.25) is 28.2 Å². The molecule has 1 rings (SSSR count). The highest BCUT2D eigenvalue weighted by atomic mass is 31.2. The fraction of sp³-hybridized carbons (Fsp3) is 0.783. The van der Waals surface area contributed by atoms with Crippen LogP contribution in [-0.4, -0.2) is 88.1 Å². The van der Waals surface area contributed by atoms with E-state index in [1.165, 1.54) is 25.7 Å². The van der Waals surface area contributed by atoms with E-state index < -0.39 is 75.8 Å². The maximum Gasteiger partial charge on any atom is 0.472 e. The molecule has 0 aromatic carbocycles. The number of phosphoric ester groups is 1. The summed E-state index contributed by atoms with van der Waals surface area (Å²) in [6, 6.07) is -1.56. The molecule has 1 fully saturated rings. The van der Waals surface area contributed by atoms with Crippen molar-refractivity contribution in [1.29, 1.82) is 0 Å². The Hall–Kier alpha value is -2.71. The van der Waals surface area contributed by atoms with Crippen LogP contribution in [0.4, 0.5) is 0 Å². The van der Waals surface area contributed by atoms with E-state index in [0.717, 1.165) is 83.5 Å². The molecule has 14 nitrogen and oxygen atoms in total. The number of hydrogen-bond acceptors (Lipinski definition) is 12. The predicted molar refractivity (Wildman–Crippen MR) is 236 cm³/mol. The number of carbonyl (C=O) groups excluding carboxylic acids is 3. The summed E-state index contributed by atoms with van der Waals surface area (Å²) in [5.41, 5.74) is 5.33. The van der Waals surface area contributed by atoms with Crippen LogP contribution in [0.1, 0.15) is 174 Å². The molecule has 0 amide bonds. The molecule has 0 spiro atoms. The van der Waals surface area contributed by atoms with Gasteiger partial charge in [0.25, 0.3) is 0 Å². The number of aliphatic hydroxyl groups excluding tert-OH is 2. The summed E-state index contributed by atoms with van der Waals surface area (Å²) in [7, 11) is -4.79. The van der Waals surface area contributed by atoms with Gasteiger partial charge in [-0.05, 0) is 63.7 Å². The van der Waals surface area contributed by atoms with Gasteiger partial charge in [-0.2, -0.15) is 0 Å². The highest BCUT2D eigenvalue weighted by molar-refractivity contribution is 7.47. The second-order valence-electron chi connectivity index (χ2n) is 16.3. The van der Waals surface area contributed by atoms with E-state index in [4.69, 9.17) is 24.8 Å². The van der Waals surface area contributed by atoms with E-state index in [9.17, 15) is 38.8 Å². The third-order valence-electron chi connectivity index (χ3n) is 10.8. The Morgan fingerprint density at radius 2 is 1.33 bits per heavy atom. The zero-order valence-electron chi connectivity index (χ0n) is 37.2. The Balaban J connectivity index is 2.45. The lowest BCUT2D eigenvalue weighted by Gasteiger charge is -2.20. The third-order valence-corrected chi connectivity index (χ3v) is 11.7. The van der Waals surface area contributed by atoms with Gasteiger partial charge in [0.15, 0.2) is 6.10 Å². The van der Waals surface area contributed by atoms with Crippen LogP contribution < -0.4 is 5.73 Å². The molecule has 0 aromatic rings. The number of hydrogen-bond donors (Lipinski definition) is 5. The van der Waals surface area contributed by atoms with Crippen LogP contribution in [0, 0.1) is 11.8 Å². The zero-order chi connectivity index (χ0) is 45.1. The van der Waals surface area contributed by atoms with Crippen molar-refractivity contribution in [2.24, 2.45) is 17.6 Å². The topological polar surface area (TPSA) is 229 Å². The minimum atomic E-state index is -4.79. The first-order valence-electron chi connectivity index (χ1n) is 23.1. The Morgan fingerprint density at radius 1 is 0.770 bits per heavy atom. The highest BCUT2D eigenvalue weighted by Gasteiger charge is 2.39. The van der Waals surface area contributed by atoms with Crippen LogP contribution in [0.15, 0.2) is 36.5 Å². The normalized spacial score (nSPS) is 19.4. The number of Topliss-reactive ketones (excluding diaryl/α,β-unsaturated/α-hetero) is 1. The SMILES string of the molecule is CCCCC/C=C\C/C=C\CCCCCCCCCC(=O)OC[C@H](COP(=O)(O)OC[C@H](N)C(=O)O)OC(=O)CCCCCC[C@H]1[C@@H](O)CC(=O)[C@@H]1/C=C/[C@@H](O)CCCCC. The summed E-state index contributed by atoms with van der Waals surface area (Å²) in [5, 5.41) is 29.7. The summed E-state index contributed by atoms with van der Waals surface area (Å²) < 4.78 is 32.7. The Labute approximate surface area is 365 Å². The van der Waals surface area contributed by atoms with Gasteiger partial charge in [0.05, 0.1) is 25.4 Å². The quantitative estimate of drug-likeness (QED) is 0.0168. The molecule has 1 unspecified atom stereocenters. The van der Waals surface area contributed by atoms with Crippen molar-refractivity contribution in [2.45, 2.75) is 199 Å². The zero-order valence-corrected chi connectivity index (χ0v) is 38.1. The van der Waals surface area contributed by atoms with Gasteiger partial charge in [-0.15, -0.1) is 0 Å². The molecular formula is C46H80NO13P. The summed E-state index contributed by atoms with van der Waals surface area (Å²) in [6.45, 7) is 2.43. The van der Waals surface area contributed by atoms with Gasteiger partial charge in [0.2, 0.25) is 0 Å². The molecular weight excluding hydrogens is 805 g/mol. The average Bonchev–Trinajstić information content (AvgIpc) is 3.49. The number of ketones is 1. The average molecular weight is 886 g/mol. The predicted octanol–water partition coefficient (Wildman–Crippen LogP) is 8.98. The first kappa shape index (κ1) is 56.3. The Kier molecular flexibility index (Phi) is 33.0. The van der Waals surface area contributed by atoms with Crippen molar-refractivity contribution in [3.63, 3.8) is 0 Å². The lowest BCUT2D eigenvalue weighted by molar-refractivity contribution is -0.161. The molecule has 61 heavy (non-hydrogen) atoms. The minimum absolute atomic E-state index is 0.0184. The van der Waals surface area contributed by atoms with Crippen molar-refractivity contribution < 1.29 is 62.5 Å². The van der Waals surface area contributed by atoms with Crippen LogP contribution in [0.3, 0.4) is 0 Å². The van der Waals surface area contributed by atoms with Gasteiger partial charge in [-0.25, -0.2) is 4.57 Å². The molecule has 0 saturated heterocycles. The first-order valence-corrected chi connectivity index (χ1v) is 24.6. The molecule has 7 atom stereocenters. The fourth-order valence-electron chi connectivity index (χ4n) is 7.06. The standard InChI is InChI=1S/C46H80NO13P/c1-3-5-7-8-9-10-11-12-13-14-15-16-17-18-19-20-25-29-44(51)57-34-38(35-58-61(55,56)59-36-41(47)46(53)54)60-45(52)30-26-22-21-24-28-39-40(43(50)33-42(39)49)32-31-37(48)27-23-6-4-2/h9-10,12-13,31-32,37-42,48-49H,3-8,11,14-30,33-36,47H2,1-2H3,(H,53,54)(H,55,56)/b10-9-,13-12-,32-31+/t37-,38+,39+,40+,41-,42-/m0/s1. The number of nitrogens with two attached hydrogens (primary N) is 1. The number of carbonyl (C=O) groups is 4. The van der Waals surface area contributed by atoms with E-state index in [-0.39, 0.29) is 31.0 Å². The molecule has 0 heterocycles. The van der Waals surface area contributed by atoms with Gasteiger partial charge in [0.1, 0.15) is 18.4 Å². The maximum absolute atomic E-state index is 12.8. The van der Waals surface area contributed by atoms with E-state index in [0.29, 0.717) is 32.1 Å². The molecule has 0 aliphatic heterocycles. The van der Waals surface area contributed by atoms with Crippen LogP contribution in [0.25, 0.3) is 0 Å². The molecule has 1 aliphatic rings. The van der Waals surface area contributed by atoms with Crippen molar-refractivity contribution in [1.82, 2.24) is 0 Å². The molecule has 1 aliphatic carbocycles. The maximum atomic E-state index is 12.8. The van der Waals surface area contributed by atoms with Gasteiger partial charge in [0, 0.05) is 25.2 Å². The molecule has 0 aromatic heterocycles. The molecule has 15 heteroatoms. The minimum Gasteiger partial charge on any atom is -0.480 e. The van der Waals surface area contributed by atoms with E-state index in [1.807, 2.05) is 0 Å². The number of carboxylic acid groups (broad SMARTS) is 1. The molecule has 0 bridgehead atoms. The number of aliphatic carboxylic acids is 1. The largest absolute Gasteiger partial charge is 0.480 e. The van der Waals surface area contributed by atoms with E-state index >= 15 is 0 Å². The first-order chi connectivity index (χ1) is 29.3. The van der Waals surface area contributed by atoms with Crippen molar-refractivity contribution in [2.75, 3.05) is 19.8 Å². The second kappa shape index (κ2) is 35.7. The number of esters is 2. The summed E-state index contributed by atoms with van der Waals surface area (Å²) >= 11 is 0. The van der Waals surface area contributed by atoms with Gasteiger partial charge in [-0.1, -0.05) is 134 Å². The lowest BCUT2D eigenvalue weighted by Crippen LogP contribution is -2.34. The number of aliphatic hydroxyl groups is 2. The summed E-state index contributed by atoms with van der Waals surface area (Å²) in [6.07, 6.45) is 31.1. The Bertz CT molecular complexity index is 1340. The number of carboxylic acids is 1. The number of allylic oxidation sites excluding steroid dienone is 5. The number of phosphoric acid groups is 1. The molecule has 0 radical (unpaired) electrons. The third kappa shape index (κ3) is 30.1. The fourth-order valence-corrected chi connectivity index (χ4v) is 7.84. The summed E-state index contributed by atoms with van der Waals surface area (Å²) in [4.78, 5) is 58.8. The molecule has 1 saturated carbocycles. The lowest BCUT2D eigenvalue weighted by atomic mass is 9.88. The smallest absolute Gasteiger partial charge is 0.472 e. The molecule has 352 valence electrons. The second-order valence-corrected chi connectivity index (χ2v) is 17.8. The Morgan fingerprint density at radius 3 is 1.97 bits per heavy atom. The van der Waals surface area contributed by atoms with Crippen molar-refractivity contribution in [3.8, 4) is 0 Å². The highest BCUT2D eigenvalue weighted by Crippen LogP contribution is 2.43.